The maximum Gasteiger partial charge on any atom is 0.289 e. The van der Waals surface area contributed by atoms with Gasteiger partial charge >= 0.3 is 0 Å². The number of aromatic nitrogens is 2. The smallest absolute Gasteiger partial charge is 0.273 e. The van der Waals surface area contributed by atoms with Crippen LogP contribution in [-0.4, -0.2) is 63.4 Å². The van der Waals surface area contributed by atoms with Gasteiger partial charge in [0.15, 0.2) is 0 Å². The fourth-order valence-corrected chi connectivity index (χ4v) is 5.96. The van der Waals surface area contributed by atoms with Gasteiger partial charge in [-0.3, -0.25) is 19.2 Å². The van der Waals surface area contributed by atoms with Crippen LogP contribution in [-0.2, 0) is 21.9 Å². The third kappa shape index (κ3) is 2.76. The van der Waals surface area contributed by atoms with E-state index in [2.05, 4.69) is 5.10 Å². The summed E-state index contributed by atoms with van der Waals surface area (Å²) in [7, 11) is -1.90. The van der Waals surface area contributed by atoms with Gasteiger partial charge in [0.05, 0.1) is 17.1 Å². The van der Waals surface area contributed by atoms with Crippen LogP contribution in [0.1, 0.15) is 24.2 Å². The molecule has 0 N–H and O–H groups in total. The lowest BCUT2D eigenvalue weighted by Crippen LogP contribution is -2.48. The maximum atomic E-state index is 12.9. The molecule has 2 aliphatic rings. The average molecular weight is 372 g/mol. The first kappa shape index (κ1) is 17.4. The summed E-state index contributed by atoms with van der Waals surface area (Å²) in [4.78, 5) is 25.2. The van der Waals surface area contributed by atoms with Crippen LogP contribution >= 0.6 is 11.8 Å². The van der Waals surface area contributed by atoms with Crippen molar-refractivity contribution in [3.05, 3.63) is 11.4 Å². The number of hydrogen-bond donors (Lipinski definition) is 0. The molecule has 2 fully saturated rings. The van der Waals surface area contributed by atoms with Crippen molar-refractivity contribution in [2.75, 3.05) is 18.8 Å². The third-order valence-corrected chi connectivity index (χ3v) is 7.60. The van der Waals surface area contributed by atoms with Crippen LogP contribution in [0.2, 0.25) is 0 Å². The number of amides is 2. The molecule has 132 valence electrons. The first-order valence-electron chi connectivity index (χ1n) is 7.72. The molecule has 3 rings (SSSR count). The molecule has 0 bridgehead atoms. The minimum atomic E-state index is -3.62. The molecule has 1 aromatic rings. The molecule has 10 heteroatoms. The van der Waals surface area contributed by atoms with E-state index >= 15 is 0 Å². The van der Waals surface area contributed by atoms with Crippen molar-refractivity contribution >= 4 is 32.9 Å². The maximum absolute atomic E-state index is 12.9. The van der Waals surface area contributed by atoms with Crippen LogP contribution in [0.25, 0.3) is 0 Å². The number of hydrogen-bond acceptors (Lipinski definition) is 6. The number of aryl methyl sites for hydroxylation is 2. The summed E-state index contributed by atoms with van der Waals surface area (Å²) in [5.74, 6) is 0.0102. The third-order valence-electron chi connectivity index (χ3n) is 4.61. The predicted molar refractivity (Wildman–Crippen MR) is 89.2 cm³/mol. The number of piperidine rings is 1. The van der Waals surface area contributed by atoms with Gasteiger partial charge < -0.3 is 0 Å². The Morgan fingerprint density at radius 1 is 1.17 bits per heavy atom. The molecule has 0 radical (unpaired) electrons. The fourth-order valence-electron chi connectivity index (χ4n) is 3.31. The fraction of sp³-hybridized carbons (Fsp3) is 0.643. The number of imide groups is 1. The highest BCUT2D eigenvalue weighted by molar-refractivity contribution is 8.14. The van der Waals surface area contributed by atoms with Gasteiger partial charge in [-0.15, -0.1) is 0 Å². The molecule has 0 spiro atoms. The molecule has 2 saturated heterocycles. The highest BCUT2D eigenvalue weighted by atomic mass is 32.2. The van der Waals surface area contributed by atoms with Crippen LogP contribution in [0, 0.1) is 13.8 Å². The minimum absolute atomic E-state index is 0.176. The molecule has 0 unspecified atom stereocenters. The molecule has 0 saturated carbocycles. The quantitative estimate of drug-likeness (QED) is 0.782. The summed E-state index contributed by atoms with van der Waals surface area (Å²) >= 11 is 1.01. The number of carbonyl (C=O) groups excluding carboxylic acids is 2. The Kier molecular flexibility index (Phi) is 4.47. The zero-order chi connectivity index (χ0) is 17.6. The van der Waals surface area contributed by atoms with E-state index in [-0.39, 0.29) is 27.8 Å². The molecule has 0 aromatic carbocycles. The van der Waals surface area contributed by atoms with Gasteiger partial charge in [0.25, 0.3) is 5.24 Å². The van der Waals surface area contributed by atoms with E-state index in [4.69, 9.17) is 0 Å². The van der Waals surface area contributed by atoms with E-state index in [9.17, 15) is 18.0 Å². The molecular weight excluding hydrogens is 352 g/mol. The molecule has 0 aliphatic carbocycles. The zero-order valence-corrected chi connectivity index (χ0v) is 15.5. The lowest BCUT2D eigenvalue weighted by Gasteiger charge is -2.34. The van der Waals surface area contributed by atoms with Crippen molar-refractivity contribution in [1.82, 2.24) is 19.0 Å². The van der Waals surface area contributed by atoms with Crippen molar-refractivity contribution in [2.24, 2.45) is 7.05 Å². The van der Waals surface area contributed by atoms with Gasteiger partial charge in [-0.25, -0.2) is 8.42 Å². The van der Waals surface area contributed by atoms with E-state index in [0.717, 1.165) is 11.8 Å². The standard InChI is InChI=1S/C14H20N4O4S2/c1-9-13(10(2)16(3)15-9)24(21,22)17-6-4-11(5-7-17)18-12(19)8-23-14(18)20/h11H,4-8H2,1-3H3. The molecule has 0 atom stereocenters. The SMILES string of the molecule is Cc1nn(C)c(C)c1S(=O)(=O)N1CCC(N2C(=O)CSC2=O)CC1. The Morgan fingerprint density at radius 3 is 2.25 bits per heavy atom. The van der Waals surface area contributed by atoms with E-state index in [1.807, 2.05) is 0 Å². The summed E-state index contributed by atoms with van der Waals surface area (Å²) in [6.07, 6.45) is 0.936. The second kappa shape index (κ2) is 6.16. The molecule has 24 heavy (non-hydrogen) atoms. The molecule has 8 nitrogen and oxygen atoms in total. The summed E-state index contributed by atoms with van der Waals surface area (Å²) in [6.45, 7) is 4.01. The number of thioether (sulfide) groups is 1. The first-order valence-corrected chi connectivity index (χ1v) is 10.1. The van der Waals surface area contributed by atoms with Gasteiger partial charge in [0.1, 0.15) is 4.90 Å². The predicted octanol–water partition coefficient (Wildman–Crippen LogP) is 0.885. The Hall–Kier alpha value is -1.39. The number of rotatable bonds is 3. The largest absolute Gasteiger partial charge is 0.289 e. The Balaban J connectivity index is 1.77. The van der Waals surface area contributed by atoms with Crippen molar-refractivity contribution in [3.8, 4) is 0 Å². The van der Waals surface area contributed by atoms with Gasteiger partial charge in [-0.2, -0.15) is 9.40 Å². The molecule has 2 aliphatic heterocycles. The van der Waals surface area contributed by atoms with Gasteiger partial charge in [0.2, 0.25) is 15.9 Å². The lowest BCUT2D eigenvalue weighted by molar-refractivity contribution is -0.126. The first-order chi connectivity index (χ1) is 11.2. The van der Waals surface area contributed by atoms with Gasteiger partial charge in [-0.05, 0) is 26.7 Å². The van der Waals surface area contributed by atoms with Gasteiger partial charge in [0, 0.05) is 26.2 Å². The van der Waals surface area contributed by atoms with Crippen molar-refractivity contribution in [1.29, 1.82) is 0 Å². The van der Waals surface area contributed by atoms with Crippen LogP contribution in [0.15, 0.2) is 4.90 Å². The highest BCUT2D eigenvalue weighted by Crippen LogP contribution is 2.30. The summed E-state index contributed by atoms with van der Waals surface area (Å²) in [5.41, 5.74) is 1.09. The normalized spacial score (nSPS) is 21.0. The van der Waals surface area contributed by atoms with E-state index < -0.39 is 10.0 Å². The molecule has 3 heterocycles. The van der Waals surface area contributed by atoms with Crippen molar-refractivity contribution < 1.29 is 18.0 Å². The van der Waals surface area contributed by atoms with Crippen LogP contribution in [0.4, 0.5) is 4.79 Å². The Morgan fingerprint density at radius 2 is 1.79 bits per heavy atom. The monoisotopic (exact) mass is 372 g/mol. The molecule has 1 aromatic heterocycles. The molecular formula is C14H20N4O4S2. The van der Waals surface area contributed by atoms with Crippen LogP contribution < -0.4 is 0 Å². The zero-order valence-electron chi connectivity index (χ0n) is 13.9. The van der Waals surface area contributed by atoms with E-state index in [0.29, 0.717) is 37.3 Å². The number of sulfonamides is 1. The summed E-state index contributed by atoms with van der Waals surface area (Å²) < 4.78 is 28.8. The topological polar surface area (TPSA) is 92.6 Å². The highest BCUT2D eigenvalue weighted by Gasteiger charge is 2.40. The second-order valence-corrected chi connectivity index (χ2v) is 8.88. The number of nitrogens with zero attached hydrogens (tertiary/aromatic N) is 4. The van der Waals surface area contributed by atoms with E-state index in [1.54, 1.807) is 25.6 Å². The van der Waals surface area contributed by atoms with Crippen molar-refractivity contribution in [3.63, 3.8) is 0 Å². The van der Waals surface area contributed by atoms with Crippen LogP contribution in [0.3, 0.4) is 0 Å². The molecule has 2 amide bonds. The van der Waals surface area contributed by atoms with Crippen LogP contribution in [0.5, 0.6) is 0 Å². The Labute approximate surface area is 145 Å². The number of carbonyl (C=O) groups is 2. The minimum Gasteiger partial charge on any atom is -0.273 e. The second-order valence-electron chi connectivity index (χ2n) is 6.08. The van der Waals surface area contributed by atoms with E-state index in [1.165, 1.54) is 9.21 Å². The van der Waals surface area contributed by atoms with Gasteiger partial charge in [-0.1, -0.05) is 11.8 Å². The average Bonchev–Trinajstić information content (AvgIpc) is 2.98. The summed E-state index contributed by atoms with van der Waals surface area (Å²) in [6, 6.07) is -0.206. The Bertz CT molecular complexity index is 778. The lowest BCUT2D eigenvalue weighted by atomic mass is 10.1. The van der Waals surface area contributed by atoms with Crippen molar-refractivity contribution in [2.45, 2.75) is 37.6 Å². The summed E-state index contributed by atoms with van der Waals surface area (Å²) in [5, 5.41) is 3.96.